The lowest BCUT2D eigenvalue weighted by Gasteiger charge is -2.45. The number of alkyl halides is 9. The number of nitrogens with zero attached hydrogens (tertiary/aromatic N) is 5. The van der Waals surface area contributed by atoms with Crippen molar-refractivity contribution in [2.24, 2.45) is 5.41 Å². The molecule has 21 heteroatoms. The average Bonchev–Trinajstić information content (AvgIpc) is 3.36. The Morgan fingerprint density at radius 2 is 1.39 bits per heavy atom. The van der Waals surface area contributed by atoms with Gasteiger partial charge in [-0.05, 0) is 55.8 Å². The standard InChI is InChI=1S/C24H31N5O.3C2HF3O2/c30-23-20-16-27(15-18-3-2-9-25-14-18)10-6-21(20)26-22-13-24(17-29(22)23)7-11-28(12-8-24)19-4-1-5-19;3*3-2(4,5)1(6)7/h2-3,9,14,19H,1,4-8,10-13,15-17H2;3*(H,6,7). The lowest BCUT2D eigenvalue weighted by Crippen LogP contribution is -2.48. The largest absolute Gasteiger partial charge is 0.490 e. The molecule has 0 bridgehead atoms. The molecular formula is C30H34F9N5O7. The maximum absolute atomic E-state index is 13.4. The van der Waals surface area contributed by atoms with Crippen LogP contribution in [0.1, 0.15) is 54.7 Å². The molecule has 3 N–H and O–H groups in total. The van der Waals surface area contributed by atoms with Gasteiger partial charge in [0.05, 0.1) is 11.3 Å². The summed E-state index contributed by atoms with van der Waals surface area (Å²) in [7, 11) is 0. The van der Waals surface area contributed by atoms with Crippen molar-refractivity contribution >= 4 is 17.9 Å². The summed E-state index contributed by atoms with van der Waals surface area (Å²) in [4.78, 5) is 54.4. The number of carboxylic acid groups (broad SMARTS) is 3. The average molecular weight is 748 g/mol. The number of rotatable bonds is 3. The van der Waals surface area contributed by atoms with Gasteiger partial charge in [-0.25, -0.2) is 19.4 Å². The second-order valence-corrected chi connectivity index (χ2v) is 12.4. The fourth-order valence-electron chi connectivity index (χ4n) is 5.98. The number of aromatic nitrogens is 3. The molecule has 5 heterocycles. The van der Waals surface area contributed by atoms with E-state index in [1.807, 2.05) is 16.8 Å². The van der Waals surface area contributed by atoms with E-state index in [0.717, 1.165) is 55.6 Å². The molecule has 4 aliphatic rings. The molecule has 1 saturated carbocycles. The molecule has 0 radical (unpaired) electrons. The summed E-state index contributed by atoms with van der Waals surface area (Å²) in [6.45, 7) is 5.79. The van der Waals surface area contributed by atoms with Crippen molar-refractivity contribution < 1.29 is 69.2 Å². The van der Waals surface area contributed by atoms with Crippen LogP contribution in [0, 0.1) is 5.41 Å². The fraction of sp³-hybridized carbons (Fsp3) is 0.600. The van der Waals surface area contributed by atoms with Crippen LogP contribution in [0.2, 0.25) is 0 Å². The molecule has 2 aromatic rings. The third-order valence-electron chi connectivity index (χ3n) is 8.81. The first-order valence-electron chi connectivity index (χ1n) is 15.4. The van der Waals surface area contributed by atoms with Gasteiger partial charge in [-0.2, -0.15) is 39.5 Å². The molecule has 1 spiro atoms. The number of carbonyl (C=O) groups is 3. The smallest absolute Gasteiger partial charge is 0.475 e. The zero-order chi connectivity index (χ0) is 38.4. The fourth-order valence-corrected chi connectivity index (χ4v) is 5.98. The minimum atomic E-state index is -5.08. The number of piperidine rings is 1. The van der Waals surface area contributed by atoms with Crippen molar-refractivity contribution in [1.82, 2.24) is 24.3 Å². The molecule has 0 atom stereocenters. The number of aliphatic carboxylic acids is 3. The van der Waals surface area contributed by atoms with E-state index in [-0.39, 0.29) is 11.0 Å². The molecule has 0 amide bonds. The topological polar surface area (TPSA) is 166 Å². The number of carboxylic acids is 3. The highest BCUT2D eigenvalue weighted by Crippen LogP contribution is 2.42. The first-order valence-corrected chi connectivity index (χ1v) is 15.4. The maximum atomic E-state index is 13.4. The first-order chi connectivity index (χ1) is 23.5. The first kappa shape index (κ1) is 41.2. The Hall–Kier alpha value is -4.27. The monoisotopic (exact) mass is 747 g/mol. The lowest BCUT2D eigenvalue weighted by molar-refractivity contribution is -0.193. The SMILES string of the molecule is O=C(O)C(F)(F)F.O=C(O)C(F)(F)F.O=C(O)C(F)(F)F.O=c1c2c(nc3n1CC1(CCN(C4CCC4)CC1)C3)CCN(Cc1cccnc1)C2. The highest BCUT2D eigenvalue weighted by molar-refractivity contribution is 5.73. The highest BCUT2D eigenvalue weighted by atomic mass is 19.4. The van der Waals surface area contributed by atoms with Crippen molar-refractivity contribution in [3.8, 4) is 0 Å². The zero-order valence-corrected chi connectivity index (χ0v) is 26.7. The molecule has 1 saturated heterocycles. The van der Waals surface area contributed by atoms with Gasteiger partial charge < -0.3 is 20.2 Å². The van der Waals surface area contributed by atoms with Gasteiger partial charge in [0.1, 0.15) is 5.82 Å². The molecule has 284 valence electrons. The minimum Gasteiger partial charge on any atom is -0.475 e. The van der Waals surface area contributed by atoms with Gasteiger partial charge in [-0.1, -0.05) is 12.5 Å². The van der Waals surface area contributed by atoms with Gasteiger partial charge in [0.15, 0.2) is 0 Å². The summed E-state index contributed by atoms with van der Waals surface area (Å²) in [6, 6.07) is 4.92. The van der Waals surface area contributed by atoms with Crippen LogP contribution < -0.4 is 5.56 Å². The summed E-state index contributed by atoms with van der Waals surface area (Å²) in [5.41, 5.74) is 3.67. The number of hydrogen-bond donors (Lipinski definition) is 3. The molecule has 1 aliphatic carbocycles. The Kier molecular flexibility index (Phi) is 13.2. The van der Waals surface area contributed by atoms with Crippen molar-refractivity contribution in [1.29, 1.82) is 0 Å². The molecule has 0 aromatic carbocycles. The Labute approximate surface area is 283 Å². The predicted molar refractivity (Wildman–Crippen MR) is 156 cm³/mol. The van der Waals surface area contributed by atoms with Crippen LogP contribution in [-0.2, 0) is 46.9 Å². The molecular weight excluding hydrogens is 713 g/mol. The second-order valence-electron chi connectivity index (χ2n) is 12.4. The van der Waals surface area contributed by atoms with E-state index in [4.69, 9.17) is 34.7 Å². The summed E-state index contributed by atoms with van der Waals surface area (Å²) < 4.78 is 97.2. The predicted octanol–water partition coefficient (Wildman–Crippen LogP) is 4.29. The van der Waals surface area contributed by atoms with Crippen LogP contribution in [0.25, 0.3) is 0 Å². The third-order valence-corrected chi connectivity index (χ3v) is 8.81. The van der Waals surface area contributed by atoms with E-state index in [2.05, 4.69) is 20.9 Å². The number of hydrogen-bond acceptors (Lipinski definition) is 8. The van der Waals surface area contributed by atoms with Crippen LogP contribution in [0.3, 0.4) is 0 Å². The molecule has 6 rings (SSSR count). The van der Waals surface area contributed by atoms with Gasteiger partial charge in [-0.3, -0.25) is 19.2 Å². The Bertz CT molecular complexity index is 1530. The normalized spacial score (nSPS) is 18.7. The van der Waals surface area contributed by atoms with E-state index in [1.54, 1.807) is 6.20 Å². The quantitative estimate of drug-likeness (QED) is 0.384. The number of likely N-dealkylation sites (tertiary alicyclic amines) is 1. The third kappa shape index (κ3) is 11.6. The van der Waals surface area contributed by atoms with Crippen LogP contribution in [-0.4, -0.2) is 102 Å². The van der Waals surface area contributed by atoms with Crippen LogP contribution in [0.5, 0.6) is 0 Å². The second kappa shape index (κ2) is 16.4. The summed E-state index contributed by atoms with van der Waals surface area (Å²) in [5.74, 6) is -7.22. The Balaban J connectivity index is 0.000000275. The molecule has 2 fully saturated rings. The molecule has 51 heavy (non-hydrogen) atoms. The number of halogens is 9. The van der Waals surface area contributed by atoms with E-state index < -0.39 is 36.4 Å². The van der Waals surface area contributed by atoms with Gasteiger partial charge >= 0.3 is 36.4 Å². The molecule has 3 aliphatic heterocycles. The van der Waals surface area contributed by atoms with Gasteiger partial charge in [0, 0.05) is 57.5 Å². The summed E-state index contributed by atoms with van der Waals surface area (Å²) in [6.07, 6.45) is -3.06. The van der Waals surface area contributed by atoms with Crippen molar-refractivity contribution in [3.63, 3.8) is 0 Å². The number of pyridine rings is 1. The highest BCUT2D eigenvalue weighted by Gasteiger charge is 2.44. The van der Waals surface area contributed by atoms with E-state index in [0.29, 0.717) is 6.54 Å². The van der Waals surface area contributed by atoms with Gasteiger partial charge in [-0.15, -0.1) is 0 Å². The zero-order valence-electron chi connectivity index (χ0n) is 26.7. The molecule has 2 aromatic heterocycles. The summed E-state index contributed by atoms with van der Waals surface area (Å²) >= 11 is 0. The Morgan fingerprint density at radius 1 is 0.863 bits per heavy atom. The Morgan fingerprint density at radius 3 is 1.82 bits per heavy atom. The van der Waals surface area contributed by atoms with Gasteiger partial charge in [0.25, 0.3) is 5.56 Å². The number of fused-ring (bicyclic) bond motifs is 2. The van der Waals surface area contributed by atoms with E-state index in [9.17, 15) is 44.3 Å². The van der Waals surface area contributed by atoms with Crippen LogP contribution >= 0.6 is 0 Å². The molecule has 0 unspecified atom stereocenters. The van der Waals surface area contributed by atoms with E-state index >= 15 is 0 Å². The van der Waals surface area contributed by atoms with Crippen molar-refractivity contribution in [2.45, 2.75) is 89.2 Å². The van der Waals surface area contributed by atoms with E-state index in [1.165, 1.54) is 50.8 Å². The molecule has 12 nitrogen and oxygen atoms in total. The van der Waals surface area contributed by atoms with Crippen molar-refractivity contribution in [2.75, 3.05) is 19.6 Å². The van der Waals surface area contributed by atoms with Crippen LogP contribution in [0.15, 0.2) is 29.3 Å². The van der Waals surface area contributed by atoms with Crippen LogP contribution in [0.4, 0.5) is 39.5 Å². The van der Waals surface area contributed by atoms with Crippen molar-refractivity contribution in [3.05, 3.63) is 57.5 Å². The maximum Gasteiger partial charge on any atom is 0.490 e. The lowest BCUT2D eigenvalue weighted by atomic mass is 9.76. The minimum absolute atomic E-state index is 0.226. The summed E-state index contributed by atoms with van der Waals surface area (Å²) in [5, 5.41) is 21.4. The van der Waals surface area contributed by atoms with Gasteiger partial charge in [0.2, 0.25) is 0 Å².